The SMILES string of the molecule is C=CC1=C(CCCCC(=O)O)/C(=C/CCCc2ccc(OC)c(OC)c2)CC(C)(C)C1. The number of ether oxygens (including phenoxy) is 2. The highest BCUT2D eigenvalue weighted by Crippen LogP contribution is 2.44. The number of aryl methyl sites for hydroxylation is 1. The molecule has 0 fully saturated rings. The zero-order valence-corrected chi connectivity index (χ0v) is 19.6. The van der Waals surface area contributed by atoms with Crippen LogP contribution < -0.4 is 9.47 Å². The molecule has 0 atom stereocenters. The summed E-state index contributed by atoms with van der Waals surface area (Å²) in [6.07, 6.45) is 12.4. The third-order valence-electron chi connectivity index (χ3n) is 5.94. The van der Waals surface area contributed by atoms with Crippen LogP contribution in [0.2, 0.25) is 0 Å². The second-order valence-electron chi connectivity index (χ2n) is 9.14. The Hall–Kier alpha value is -2.49. The molecule has 1 N–H and O–H groups in total. The standard InChI is InChI=1S/C27H38O4/c1-6-21-18-27(2,3)19-22(23(21)13-9-10-14-26(28)29)12-8-7-11-20-15-16-24(30-4)25(17-20)31-5/h6,12,15-17H,1,7-11,13-14,18-19H2,2-5H3,(H,28,29)/b22-12+. The van der Waals surface area contributed by atoms with Crippen molar-refractivity contribution < 1.29 is 19.4 Å². The van der Waals surface area contributed by atoms with Gasteiger partial charge in [-0.25, -0.2) is 0 Å². The smallest absolute Gasteiger partial charge is 0.303 e. The molecule has 31 heavy (non-hydrogen) atoms. The molecule has 0 heterocycles. The molecule has 0 spiro atoms. The molecule has 2 rings (SSSR count). The number of carboxylic acids is 1. The third-order valence-corrected chi connectivity index (χ3v) is 5.94. The molecule has 4 heteroatoms. The first kappa shape index (κ1) is 24.8. The molecule has 0 amide bonds. The average Bonchev–Trinajstić information content (AvgIpc) is 2.74. The normalized spacial score (nSPS) is 17.0. The van der Waals surface area contributed by atoms with E-state index in [9.17, 15) is 4.79 Å². The minimum atomic E-state index is -0.714. The fourth-order valence-corrected chi connectivity index (χ4v) is 4.42. The van der Waals surface area contributed by atoms with E-state index in [1.54, 1.807) is 14.2 Å². The molecule has 0 unspecified atom stereocenters. The minimum absolute atomic E-state index is 0.225. The van der Waals surface area contributed by atoms with Crippen molar-refractivity contribution >= 4 is 5.97 Å². The van der Waals surface area contributed by atoms with E-state index in [4.69, 9.17) is 14.6 Å². The van der Waals surface area contributed by atoms with Crippen LogP contribution in [-0.2, 0) is 11.2 Å². The number of hydrogen-bond donors (Lipinski definition) is 1. The van der Waals surface area contributed by atoms with Crippen LogP contribution in [-0.4, -0.2) is 25.3 Å². The topological polar surface area (TPSA) is 55.8 Å². The summed E-state index contributed by atoms with van der Waals surface area (Å²) in [4.78, 5) is 10.8. The summed E-state index contributed by atoms with van der Waals surface area (Å²) in [5.74, 6) is 0.815. The number of benzene rings is 1. The summed E-state index contributed by atoms with van der Waals surface area (Å²) in [5, 5.41) is 8.91. The van der Waals surface area contributed by atoms with Gasteiger partial charge in [0.15, 0.2) is 11.5 Å². The Labute approximate surface area is 187 Å². The van der Waals surface area contributed by atoms with Gasteiger partial charge in [0.05, 0.1) is 14.2 Å². The second-order valence-corrected chi connectivity index (χ2v) is 9.14. The van der Waals surface area contributed by atoms with Gasteiger partial charge in [-0.15, -0.1) is 0 Å². The van der Waals surface area contributed by atoms with Crippen molar-refractivity contribution in [3.8, 4) is 11.5 Å². The fraction of sp³-hybridized carbons (Fsp3) is 0.519. The van der Waals surface area contributed by atoms with Crippen LogP contribution in [0.25, 0.3) is 0 Å². The zero-order valence-electron chi connectivity index (χ0n) is 19.6. The second kappa shape index (κ2) is 11.8. The van der Waals surface area contributed by atoms with E-state index in [1.807, 2.05) is 12.1 Å². The highest BCUT2D eigenvalue weighted by molar-refractivity contribution is 5.66. The largest absolute Gasteiger partial charge is 0.493 e. The summed E-state index contributed by atoms with van der Waals surface area (Å²) in [6.45, 7) is 8.69. The third kappa shape index (κ3) is 7.61. The number of rotatable bonds is 12. The van der Waals surface area contributed by atoms with E-state index < -0.39 is 5.97 Å². The quantitative estimate of drug-likeness (QED) is 0.369. The Balaban J connectivity index is 2.05. The van der Waals surface area contributed by atoms with Crippen molar-refractivity contribution in [1.82, 2.24) is 0 Å². The molecule has 0 saturated carbocycles. The van der Waals surface area contributed by atoms with Crippen molar-refractivity contribution in [3.05, 3.63) is 59.2 Å². The Bertz CT molecular complexity index is 830. The van der Waals surface area contributed by atoms with E-state index in [0.29, 0.717) is 0 Å². The Morgan fingerprint density at radius 3 is 2.48 bits per heavy atom. The van der Waals surface area contributed by atoms with E-state index >= 15 is 0 Å². The van der Waals surface area contributed by atoms with Crippen molar-refractivity contribution in [2.45, 2.75) is 71.6 Å². The van der Waals surface area contributed by atoms with Crippen LogP contribution in [0.15, 0.2) is 53.6 Å². The van der Waals surface area contributed by atoms with Gasteiger partial charge in [0, 0.05) is 6.42 Å². The highest BCUT2D eigenvalue weighted by atomic mass is 16.5. The van der Waals surface area contributed by atoms with Gasteiger partial charge in [-0.1, -0.05) is 38.6 Å². The summed E-state index contributed by atoms with van der Waals surface area (Å²) in [6, 6.07) is 6.12. The minimum Gasteiger partial charge on any atom is -0.493 e. The number of carboxylic acid groups (broad SMARTS) is 1. The van der Waals surface area contributed by atoms with Crippen molar-refractivity contribution in [1.29, 1.82) is 0 Å². The average molecular weight is 427 g/mol. The molecule has 1 aromatic carbocycles. The van der Waals surface area contributed by atoms with Gasteiger partial charge in [-0.05, 0) is 91.2 Å². The lowest BCUT2D eigenvalue weighted by Crippen LogP contribution is -2.20. The van der Waals surface area contributed by atoms with Gasteiger partial charge in [-0.2, -0.15) is 0 Å². The number of methoxy groups -OCH3 is 2. The molecule has 1 aromatic rings. The lowest BCUT2D eigenvalue weighted by molar-refractivity contribution is -0.137. The van der Waals surface area contributed by atoms with Crippen LogP contribution >= 0.6 is 0 Å². The number of aliphatic carboxylic acids is 1. The van der Waals surface area contributed by atoms with Crippen molar-refractivity contribution in [2.75, 3.05) is 14.2 Å². The summed E-state index contributed by atoms with van der Waals surface area (Å²) >= 11 is 0. The van der Waals surface area contributed by atoms with Crippen LogP contribution in [0.5, 0.6) is 11.5 Å². The molecule has 0 saturated heterocycles. The first-order chi connectivity index (χ1) is 14.8. The number of carbonyl (C=O) groups is 1. The highest BCUT2D eigenvalue weighted by Gasteiger charge is 2.28. The van der Waals surface area contributed by atoms with E-state index in [1.165, 1.54) is 22.3 Å². The van der Waals surface area contributed by atoms with Gasteiger partial charge >= 0.3 is 5.97 Å². The maximum Gasteiger partial charge on any atom is 0.303 e. The fourth-order valence-electron chi connectivity index (χ4n) is 4.42. The van der Waals surface area contributed by atoms with Gasteiger partial charge in [-0.3, -0.25) is 4.79 Å². The summed E-state index contributed by atoms with van der Waals surface area (Å²) in [7, 11) is 3.32. The lowest BCUT2D eigenvalue weighted by Gasteiger charge is -2.34. The number of unbranched alkanes of at least 4 members (excludes halogenated alkanes) is 2. The molecular weight excluding hydrogens is 388 g/mol. The van der Waals surface area contributed by atoms with Crippen LogP contribution in [0.4, 0.5) is 0 Å². The first-order valence-corrected chi connectivity index (χ1v) is 11.3. The molecule has 0 radical (unpaired) electrons. The van der Waals surface area contributed by atoms with Crippen LogP contribution in [0.1, 0.15) is 70.8 Å². The van der Waals surface area contributed by atoms with Gasteiger partial charge in [0.25, 0.3) is 0 Å². The van der Waals surface area contributed by atoms with Crippen molar-refractivity contribution in [2.24, 2.45) is 5.41 Å². The van der Waals surface area contributed by atoms with E-state index in [0.717, 1.165) is 62.9 Å². The summed E-state index contributed by atoms with van der Waals surface area (Å²) < 4.78 is 10.7. The maximum absolute atomic E-state index is 10.8. The van der Waals surface area contributed by atoms with Crippen LogP contribution in [0, 0.1) is 5.41 Å². The van der Waals surface area contributed by atoms with Gasteiger partial charge < -0.3 is 14.6 Å². The monoisotopic (exact) mass is 426 g/mol. The molecule has 0 aliphatic heterocycles. The number of hydrogen-bond acceptors (Lipinski definition) is 3. The molecule has 0 bridgehead atoms. The molecule has 4 nitrogen and oxygen atoms in total. The molecule has 0 aromatic heterocycles. The Kier molecular flexibility index (Phi) is 9.42. The summed E-state index contributed by atoms with van der Waals surface area (Å²) in [5.41, 5.74) is 5.62. The van der Waals surface area contributed by atoms with E-state index in [-0.39, 0.29) is 11.8 Å². The van der Waals surface area contributed by atoms with Crippen molar-refractivity contribution in [3.63, 3.8) is 0 Å². The first-order valence-electron chi connectivity index (χ1n) is 11.3. The predicted octanol–water partition coefficient (Wildman–Crippen LogP) is 6.90. The predicted molar refractivity (Wildman–Crippen MR) is 127 cm³/mol. The maximum atomic E-state index is 10.8. The molecule has 1 aliphatic rings. The Morgan fingerprint density at radius 1 is 1.10 bits per heavy atom. The number of allylic oxidation sites excluding steroid dienone is 5. The van der Waals surface area contributed by atoms with Crippen LogP contribution in [0.3, 0.4) is 0 Å². The zero-order chi connectivity index (χ0) is 22.9. The lowest BCUT2D eigenvalue weighted by atomic mass is 9.70. The molecule has 1 aliphatic carbocycles. The van der Waals surface area contributed by atoms with Gasteiger partial charge in [0.1, 0.15) is 0 Å². The Morgan fingerprint density at radius 2 is 1.84 bits per heavy atom. The van der Waals surface area contributed by atoms with Gasteiger partial charge in [0.2, 0.25) is 0 Å². The van der Waals surface area contributed by atoms with E-state index in [2.05, 4.69) is 38.6 Å². The molecule has 170 valence electrons. The molecular formula is C27H38O4.